The van der Waals surface area contributed by atoms with Crippen molar-refractivity contribution in [3.8, 4) is 17.3 Å². The Labute approximate surface area is 162 Å². The van der Waals surface area contributed by atoms with Crippen molar-refractivity contribution in [1.29, 1.82) is 0 Å². The zero-order chi connectivity index (χ0) is 19.1. The first-order valence-corrected chi connectivity index (χ1v) is 9.46. The van der Waals surface area contributed by atoms with Gasteiger partial charge in [0, 0.05) is 30.8 Å². The first-order valence-electron chi connectivity index (χ1n) is 9.46. The first-order chi connectivity index (χ1) is 13.8. The SMILES string of the molecule is COCC1CCCN1c1cccc2oc(-c3cnc4ccc(OC)nn34)cc12. The van der Waals surface area contributed by atoms with Crippen LogP contribution in [0.15, 0.2) is 47.0 Å². The molecular weight excluding hydrogens is 356 g/mol. The van der Waals surface area contributed by atoms with E-state index in [0.29, 0.717) is 11.9 Å². The van der Waals surface area contributed by atoms with E-state index in [1.807, 2.05) is 18.2 Å². The number of benzene rings is 1. The molecule has 5 rings (SSSR count). The molecule has 7 heteroatoms. The highest BCUT2D eigenvalue weighted by molar-refractivity contribution is 5.94. The van der Waals surface area contributed by atoms with Crippen LogP contribution in [-0.4, -0.2) is 48.0 Å². The quantitative estimate of drug-likeness (QED) is 0.527. The summed E-state index contributed by atoms with van der Waals surface area (Å²) in [6, 6.07) is 12.4. The molecule has 3 aromatic heterocycles. The van der Waals surface area contributed by atoms with E-state index in [0.717, 1.165) is 47.6 Å². The fourth-order valence-electron chi connectivity index (χ4n) is 4.07. The summed E-state index contributed by atoms with van der Waals surface area (Å²) in [5.74, 6) is 1.27. The van der Waals surface area contributed by atoms with Gasteiger partial charge in [0.25, 0.3) is 0 Å². The van der Waals surface area contributed by atoms with Gasteiger partial charge in [-0.25, -0.2) is 9.50 Å². The van der Waals surface area contributed by atoms with Crippen LogP contribution in [0.1, 0.15) is 12.8 Å². The van der Waals surface area contributed by atoms with E-state index in [4.69, 9.17) is 13.9 Å². The van der Waals surface area contributed by atoms with E-state index in [1.165, 1.54) is 12.1 Å². The van der Waals surface area contributed by atoms with Crippen molar-refractivity contribution < 1.29 is 13.9 Å². The molecule has 1 aliphatic rings. The molecule has 0 bridgehead atoms. The number of furan rings is 1. The van der Waals surface area contributed by atoms with Gasteiger partial charge in [0.1, 0.15) is 11.3 Å². The third-order valence-corrected chi connectivity index (χ3v) is 5.38. The van der Waals surface area contributed by atoms with Gasteiger partial charge in [-0.2, -0.15) is 0 Å². The van der Waals surface area contributed by atoms with E-state index in [-0.39, 0.29) is 0 Å². The van der Waals surface area contributed by atoms with Crippen LogP contribution in [0.3, 0.4) is 0 Å². The van der Waals surface area contributed by atoms with Gasteiger partial charge in [0.2, 0.25) is 5.88 Å². The number of fused-ring (bicyclic) bond motifs is 2. The predicted molar refractivity (Wildman–Crippen MR) is 107 cm³/mol. The summed E-state index contributed by atoms with van der Waals surface area (Å²) in [5.41, 5.74) is 3.59. The van der Waals surface area contributed by atoms with Crippen molar-refractivity contribution in [3.63, 3.8) is 0 Å². The average Bonchev–Trinajstić information content (AvgIpc) is 3.44. The molecule has 0 amide bonds. The molecule has 4 aromatic rings. The molecule has 1 aliphatic heterocycles. The van der Waals surface area contributed by atoms with Gasteiger partial charge in [-0.05, 0) is 37.1 Å². The summed E-state index contributed by atoms with van der Waals surface area (Å²) < 4.78 is 18.6. The summed E-state index contributed by atoms with van der Waals surface area (Å²) in [6.07, 6.45) is 4.10. The van der Waals surface area contributed by atoms with Gasteiger partial charge in [0.15, 0.2) is 11.4 Å². The lowest BCUT2D eigenvalue weighted by Gasteiger charge is -2.26. The molecule has 144 valence electrons. The smallest absolute Gasteiger partial charge is 0.231 e. The molecule has 0 aliphatic carbocycles. The number of anilines is 1. The Bertz CT molecular complexity index is 1130. The molecule has 1 unspecified atom stereocenters. The van der Waals surface area contributed by atoms with Crippen molar-refractivity contribution in [2.45, 2.75) is 18.9 Å². The minimum atomic E-state index is 0.399. The Morgan fingerprint density at radius 2 is 2.14 bits per heavy atom. The highest BCUT2D eigenvalue weighted by atomic mass is 16.5. The maximum atomic E-state index is 6.19. The Hall–Kier alpha value is -3.06. The normalized spacial score (nSPS) is 17.1. The molecule has 28 heavy (non-hydrogen) atoms. The lowest BCUT2D eigenvalue weighted by atomic mass is 10.1. The van der Waals surface area contributed by atoms with E-state index in [2.05, 4.69) is 27.1 Å². The zero-order valence-electron chi connectivity index (χ0n) is 16.0. The molecule has 1 aromatic carbocycles. The molecule has 1 saturated heterocycles. The van der Waals surface area contributed by atoms with Crippen molar-refractivity contribution in [3.05, 3.63) is 42.6 Å². The predicted octanol–water partition coefficient (Wildman–Crippen LogP) is 3.77. The van der Waals surface area contributed by atoms with Crippen molar-refractivity contribution in [1.82, 2.24) is 14.6 Å². The minimum absolute atomic E-state index is 0.399. The number of imidazole rings is 1. The minimum Gasteiger partial charge on any atom is -0.480 e. The Balaban J connectivity index is 1.61. The highest BCUT2D eigenvalue weighted by Crippen LogP contribution is 2.37. The van der Waals surface area contributed by atoms with E-state index in [9.17, 15) is 0 Å². The second kappa shape index (κ2) is 6.83. The zero-order valence-corrected chi connectivity index (χ0v) is 16.0. The standard InChI is InChI=1S/C21H22N4O3/c1-26-13-14-5-4-10-24(14)16-6-3-7-18-15(16)11-19(28-18)17-12-22-20-8-9-21(27-2)23-25(17)20/h3,6-9,11-12,14H,4-5,10,13H2,1-2H3. The second-order valence-corrected chi connectivity index (χ2v) is 7.03. The molecule has 1 atom stereocenters. The number of nitrogens with zero attached hydrogens (tertiary/aromatic N) is 4. The molecule has 0 radical (unpaired) electrons. The number of hydrogen-bond donors (Lipinski definition) is 0. The first kappa shape index (κ1) is 17.1. The van der Waals surface area contributed by atoms with Crippen LogP contribution in [0.5, 0.6) is 5.88 Å². The molecule has 0 saturated carbocycles. The number of rotatable bonds is 5. The monoisotopic (exact) mass is 378 g/mol. The van der Waals surface area contributed by atoms with E-state index < -0.39 is 0 Å². The fourth-order valence-corrected chi connectivity index (χ4v) is 4.07. The van der Waals surface area contributed by atoms with Crippen LogP contribution in [0.25, 0.3) is 28.1 Å². The van der Waals surface area contributed by atoms with Crippen LogP contribution in [0, 0.1) is 0 Å². The number of methoxy groups -OCH3 is 2. The van der Waals surface area contributed by atoms with Crippen molar-refractivity contribution >= 4 is 22.3 Å². The lowest BCUT2D eigenvalue weighted by Crippen LogP contribution is -2.32. The number of hydrogen-bond acceptors (Lipinski definition) is 6. The molecule has 7 nitrogen and oxygen atoms in total. The van der Waals surface area contributed by atoms with Crippen LogP contribution >= 0.6 is 0 Å². The van der Waals surface area contributed by atoms with Gasteiger partial charge in [0.05, 0.1) is 26.0 Å². The van der Waals surface area contributed by atoms with Crippen molar-refractivity contribution in [2.24, 2.45) is 0 Å². The third-order valence-electron chi connectivity index (χ3n) is 5.38. The summed E-state index contributed by atoms with van der Waals surface area (Å²) >= 11 is 0. The van der Waals surface area contributed by atoms with Gasteiger partial charge < -0.3 is 18.8 Å². The summed E-state index contributed by atoms with van der Waals surface area (Å²) in [6.45, 7) is 1.76. The molecule has 0 spiro atoms. The number of ether oxygens (including phenoxy) is 2. The van der Waals surface area contributed by atoms with Gasteiger partial charge in [-0.1, -0.05) is 6.07 Å². The maximum Gasteiger partial charge on any atom is 0.231 e. The Morgan fingerprint density at radius 3 is 3.00 bits per heavy atom. The Morgan fingerprint density at radius 1 is 1.21 bits per heavy atom. The Kier molecular flexibility index (Phi) is 4.16. The van der Waals surface area contributed by atoms with Crippen LogP contribution in [0.2, 0.25) is 0 Å². The van der Waals surface area contributed by atoms with Crippen LogP contribution < -0.4 is 9.64 Å². The third kappa shape index (κ3) is 2.70. The van der Waals surface area contributed by atoms with Crippen LogP contribution in [0.4, 0.5) is 5.69 Å². The van der Waals surface area contributed by atoms with Gasteiger partial charge in [-0.3, -0.25) is 0 Å². The lowest BCUT2D eigenvalue weighted by molar-refractivity contribution is 0.181. The summed E-state index contributed by atoms with van der Waals surface area (Å²) in [7, 11) is 3.36. The van der Waals surface area contributed by atoms with E-state index in [1.54, 1.807) is 31.0 Å². The molecule has 1 fully saturated rings. The maximum absolute atomic E-state index is 6.19. The van der Waals surface area contributed by atoms with Gasteiger partial charge >= 0.3 is 0 Å². The number of aromatic nitrogens is 3. The average molecular weight is 378 g/mol. The van der Waals surface area contributed by atoms with E-state index >= 15 is 0 Å². The van der Waals surface area contributed by atoms with Crippen molar-refractivity contribution in [2.75, 3.05) is 32.3 Å². The molecule has 0 N–H and O–H groups in total. The van der Waals surface area contributed by atoms with Gasteiger partial charge in [-0.15, -0.1) is 5.10 Å². The molecule has 4 heterocycles. The summed E-state index contributed by atoms with van der Waals surface area (Å²) in [5, 5.41) is 5.58. The topological polar surface area (TPSA) is 65.0 Å². The summed E-state index contributed by atoms with van der Waals surface area (Å²) in [4.78, 5) is 6.87. The second-order valence-electron chi connectivity index (χ2n) is 7.03. The largest absolute Gasteiger partial charge is 0.480 e. The van der Waals surface area contributed by atoms with Crippen LogP contribution in [-0.2, 0) is 4.74 Å². The fraction of sp³-hybridized carbons (Fsp3) is 0.333. The highest BCUT2D eigenvalue weighted by Gasteiger charge is 2.27. The molecular formula is C21H22N4O3.